The average Bonchev–Trinajstić information content (AvgIpc) is 2.66. The summed E-state index contributed by atoms with van der Waals surface area (Å²) < 4.78 is 39.3. The van der Waals surface area contributed by atoms with Crippen molar-refractivity contribution in [1.29, 1.82) is 0 Å². The number of methoxy groups -OCH3 is 1. The Bertz CT molecular complexity index is 797. The minimum Gasteiger partial charge on any atom is -0.496 e. The number of halogens is 2. The van der Waals surface area contributed by atoms with Gasteiger partial charge in [-0.25, -0.2) is 4.79 Å². The van der Waals surface area contributed by atoms with Crippen LogP contribution in [0.3, 0.4) is 0 Å². The van der Waals surface area contributed by atoms with Gasteiger partial charge in [-0.3, -0.25) is 4.79 Å². The molecule has 0 spiro atoms. The van der Waals surface area contributed by atoms with Crippen LogP contribution >= 0.6 is 0 Å². The third kappa shape index (κ3) is 5.67. The molecule has 0 bridgehead atoms. The minimum atomic E-state index is -3.08. The first-order valence-electron chi connectivity index (χ1n) is 7.99. The number of para-hydroxylation sites is 2. The van der Waals surface area contributed by atoms with Crippen LogP contribution in [0.25, 0.3) is 0 Å². The van der Waals surface area contributed by atoms with Crippen LogP contribution < -0.4 is 9.47 Å². The van der Waals surface area contributed by atoms with Crippen LogP contribution in [0.4, 0.5) is 8.78 Å². The third-order valence-electron chi connectivity index (χ3n) is 3.68. The molecule has 0 heterocycles. The van der Waals surface area contributed by atoms with Crippen LogP contribution in [-0.2, 0) is 16.1 Å². The van der Waals surface area contributed by atoms with Crippen molar-refractivity contribution in [3.63, 3.8) is 0 Å². The highest BCUT2D eigenvalue weighted by atomic mass is 19.3. The summed E-state index contributed by atoms with van der Waals surface area (Å²) >= 11 is 0. The van der Waals surface area contributed by atoms with E-state index >= 15 is 0 Å². The highest BCUT2D eigenvalue weighted by molar-refractivity contribution is 5.94. The van der Waals surface area contributed by atoms with E-state index in [2.05, 4.69) is 4.74 Å². The SMILES string of the molecule is COc1ccccc1CN(C)C(=O)COC(=O)c1ccccc1OC(F)F. The summed E-state index contributed by atoms with van der Waals surface area (Å²) in [5, 5.41) is 0. The van der Waals surface area contributed by atoms with Gasteiger partial charge in [0.05, 0.1) is 7.11 Å². The zero-order chi connectivity index (χ0) is 19.8. The van der Waals surface area contributed by atoms with E-state index in [0.717, 1.165) is 5.56 Å². The first-order valence-corrected chi connectivity index (χ1v) is 7.99. The number of hydrogen-bond donors (Lipinski definition) is 0. The normalized spacial score (nSPS) is 10.4. The van der Waals surface area contributed by atoms with E-state index in [-0.39, 0.29) is 17.9 Å². The maximum atomic E-state index is 12.4. The summed E-state index contributed by atoms with van der Waals surface area (Å²) in [5.74, 6) is -1.06. The Hall–Kier alpha value is -3.16. The van der Waals surface area contributed by atoms with E-state index in [1.807, 2.05) is 18.2 Å². The van der Waals surface area contributed by atoms with Crippen molar-refractivity contribution in [3.8, 4) is 11.5 Å². The molecule has 8 heteroatoms. The largest absolute Gasteiger partial charge is 0.496 e. The van der Waals surface area contributed by atoms with E-state index < -0.39 is 25.1 Å². The van der Waals surface area contributed by atoms with E-state index in [9.17, 15) is 18.4 Å². The summed E-state index contributed by atoms with van der Waals surface area (Å²) in [4.78, 5) is 25.7. The van der Waals surface area contributed by atoms with Gasteiger partial charge < -0.3 is 19.1 Å². The van der Waals surface area contributed by atoms with Crippen molar-refractivity contribution in [3.05, 3.63) is 59.7 Å². The van der Waals surface area contributed by atoms with Crippen molar-refractivity contribution in [1.82, 2.24) is 4.90 Å². The monoisotopic (exact) mass is 379 g/mol. The number of nitrogens with zero attached hydrogens (tertiary/aromatic N) is 1. The lowest BCUT2D eigenvalue weighted by atomic mass is 10.2. The van der Waals surface area contributed by atoms with Gasteiger partial charge in [0.15, 0.2) is 6.61 Å². The Balaban J connectivity index is 1.96. The lowest BCUT2D eigenvalue weighted by Crippen LogP contribution is -2.31. The van der Waals surface area contributed by atoms with Gasteiger partial charge in [0.25, 0.3) is 5.91 Å². The molecular formula is C19H19F2NO5. The molecule has 0 saturated heterocycles. The first kappa shape index (κ1) is 20.2. The van der Waals surface area contributed by atoms with Gasteiger partial charge in [0, 0.05) is 19.2 Å². The number of hydrogen-bond acceptors (Lipinski definition) is 5. The molecule has 0 aliphatic rings. The second kappa shape index (κ2) is 9.51. The smallest absolute Gasteiger partial charge is 0.387 e. The Morgan fingerprint density at radius 3 is 2.33 bits per heavy atom. The number of rotatable bonds is 8. The summed E-state index contributed by atoms with van der Waals surface area (Å²) in [5.41, 5.74) is 0.607. The number of esters is 1. The zero-order valence-electron chi connectivity index (χ0n) is 14.9. The second-order valence-electron chi connectivity index (χ2n) is 5.51. The Morgan fingerprint density at radius 2 is 1.67 bits per heavy atom. The van der Waals surface area contributed by atoms with Gasteiger partial charge in [-0.1, -0.05) is 30.3 Å². The van der Waals surface area contributed by atoms with Crippen LogP contribution in [0, 0.1) is 0 Å². The predicted octanol–water partition coefficient (Wildman–Crippen LogP) is 3.11. The number of carbonyl (C=O) groups is 2. The fourth-order valence-electron chi connectivity index (χ4n) is 2.33. The Morgan fingerprint density at radius 1 is 1.04 bits per heavy atom. The highest BCUT2D eigenvalue weighted by Gasteiger charge is 2.19. The highest BCUT2D eigenvalue weighted by Crippen LogP contribution is 2.21. The maximum Gasteiger partial charge on any atom is 0.387 e. The van der Waals surface area contributed by atoms with E-state index in [0.29, 0.717) is 5.75 Å². The summed E-state index contributed by atoms with van der Waals surface area (Å²) in [6, 6.07) is 12.6. The van der Waals surface area contributed by atoms with Gasteiger partial charge in [-0.2, -0.15) is 8.78 Å². The molecule has 0 aliphatic heterocycles. The molecule has 2 aromatic carbocycles. The molecule has 0 aromatic heterocycles. The molecule has 144 valence electrons. The molecule has 0 atom stereocenters. The average molecular weight is 379 g/mol. The minimum absolute atomic E-state index is 0.182. The Labute approximate surface area is 155 Å². The third-order valence-corrected chi connectivity index (χ3v) is 3.68. The zero-order valence-corrected chi connectivity index (χ0v) is 14.9. The number of ether oxygens (including phenoxy) is 3. The molecular weight excluding hydrogens is 360 g/mol. The summed E-state index contributed by atoms with van der Waals surface area (Å²) in [6.45, 7) is -3.36. The number of likely N-dealkylation sites (N-methyl/N-ethyl adjacent to an activating group) is 1. The fourth-order valence-corrected chi connectivity index (χ4v) is 2.33. The van der Waals surface area contributed by atoms with Crippen molar-refractivity contribution >= 4 is 11.9 Å². The molecule has 0 saturated carbocycles. The number of benzene rings is 2. The quantitative estimate of drug-likeness (QED) is 0.660. The van der Waals surface area contributed by atoms with E-state index in [1.54, 1.807) is 13.1 Å². The second-order valence-corrected chi connectivity index (χ2v) is 5.51. The lowest BCUT2D eigenvalue weighted by Gasteiger charge is -2.19. The van der Waals surface area contributed by atoms with Crippen LogP contribution in [0.1, 0.15) is 15.9 Å². The van der Waals surface area contributed by atoms with Crippen LogP contribution in [0.2, 0.25) is 0 Å². The van der Waals surface area contributed by atoms with Crippen molar-refractivity contribution in [2.45, 2.75) is 13.2 Å². The molecule has 0 aliphatic carbocycles. The standard InChI is InChI=1S/C19H19F2NO5/c1-22(11-13-7-3-5-9-15(13)25-2)17(23)12-26-18(24)14-8-4-6-10-16(14)27-19(20)21/h3-10,19H,11-12H2,1-2H3. The molecule has 27 heavy (non-hydrogen) atoms. The number of alkyl halides is 2. The van der Waals surface area contributed by atoms with Crippen molar-refractivity contribution in [2.24, 2.45) is 0 Å². The molecule has 0 radical (unpaired) electrons. The number of carbonyl (C=O) groups excluding carboxylic acids is 2. The predicted molar refractivity (Wildman–Crippen MR) is 92.8 cm³/mol. The molecule has 2 aromatic rings. The summed E-state index contributed by atoms with van der Waals surface area (Å²) in [6.07, 6.45) is 0. The van der Waals surface area contributed by atoms with Gasteiger partial charge in [0.2, 0.25) is 0 Å². The van der Waals surface area contributed by atoms with Gasteiger partial charge in [-0.05, 0) is 18.2 Å². The maximum absolute atomic E-state index is 12.4. The van der Waals surface area contributed by atoms with Crippen LogP contribution in [0.5, 0.6) is 11.5 Å². The molecule has 6 nitrogen and oxygen atoms in total. The molecule has 0 fully saturated rings. The molecule has 0 unspecified atom stereocenters. The molecule has 0 N–H and O–H groups in total. The topological polar surface area (TPSA) is 65.1 Å². The van der Waals surface area contributed by atoms with Crippen molar-refractivity contribution < 1.29 is 32.6 Å². The van der Waals surface area contributed by atoms with Gasteiger partial charge in [-0.15, -0.1) is 0 Å². The summed E-state index contributed by atoms with van der Waals surface area (Å²) in [7, 11) is 3.08. The molecule has 1 amide bonds. The first-order chi connectivity index (χ1) is 12.9. The fraction of sp³-hybridized carbons (Fsp3) is 0.263. The van der Waals surface area contributed by atoms with E-state index in [4.69, 9.17) is 9.47 Å². The van der Waals surface area contributed by atoms with Crippen LogP contribution in [0.15, 0.2) is 48.5 Å². The molecule has 2 rings (SSSR count). The Kier molecular flexibility index (Phi) is 7.10. The van der Waals surface area contributed by atoms with Crippen LogP contribution in [-0.4, -0.2) is 44.2 Å². The van der Waals surface area contributed by atoms with E-state index in [1.165, 1.54) is 36.3 Å². The van der Waals surface area contributed by atoms with Crippen molar-refractivity contribution in [2.75, 3.05) is 20.8 Å². The van der Waals surface area contributed by atoms with Gasteiger partial charge in [0.1, 0.15) is 17.1 Å². The number of amides is 1. The lowest BCUT2D eigenvalue weighted by molar-refractivity contribution is -0.133. The van der Waals surface area contributed by atoms with Gasteiger partial charge >= 0.3 is 12.6 Å².